The molecule has 0 saturated carbocycles. The lowest BCUT2D eigenvalue weighted by Crippen LogP contribution is -2.35. The third-order valence-electron chi connectivity index (χ3n) is 3.29. The predicted octanol–water partition coefficient (Wildman–Crippen LogP) is 2.85. The van der Waals surface area contributed by atoms with Gasteiger partial charge in [-0.2, -0.15) is 13.9 Å². The highest BCUT2D eigenvalue weighted by Gasteiger charge is 2.18. The number of hydrogen-bond donors (Lipinski definition) is 1. The molecular weight excluding hydrogens is 365 g/mol. The molecule has 7 nitrogen and oxygen atoms in total. The molecular formula is C17H19F3N4O3. The maximum Gasteiger partial charge on any atom is 0.407 e. The number of nitrogens with zero attached hydrogens (tertiary/aromatic N) is 3. The molecule has 1 aromatic carbocycles. The summed E-state index contributed by atoms with van der Waals surface area (Å²) in [6.07, 6.45) is -1.75. The number of amides is 1. The third-order valence-corrected chi connectivity index (χ3v) is 3.29. The van der Waals surface area contributed by atoms with Crippen LogP contribution in [0.3, 0.4) is 0 Å². The molecule has 0 radical (unpaired) electrons. The Balaban J connectivity index is 2.12. The molecule has 0 aliphatic heterocycles. The Morgan fingerprint density at radius 1 is 1.22 bits per heavy atom. The predicted molar refractivity (Wildman–Crippen MR) is 91.3 cm³/mol. The van der Waals surface area contributed by atoms with E-state index in [-0.39, 0.29) is 0 Å². The lowest BCUT2D eigenvalue weighted by molar-refractivity contribution is 0.0531. The zero-order valence-corrected chi connectivity index (χ0v) is 15.0. The van der Waals surface area contributed by atoms with Crippen LogP contribution in [0.2, 0.25) is 0 Å². The Morgan fingerprint density at radius 3 is 2.41 bits per heavy atom. The van der Waals surface area contributed by atoms with E-state index in [1.165, 1.54) is 12.1 Å². The van der Waals surface area contributed by atoms with Crippen molar-refractivity contribution in [3.8, 4) is 5.69 Å². The molecule has 2 aromatic rings. The molecule has 1 heterocycles. The molecule has 1 aromatic heterocycles. The van der Waals surface area contributed by atoms with Gasteiger partial charge in [0.05, 0.1) is 12.2 Å². The summed E-state index contributed by atoms with van der Waals surface area (Å²) in [6.45, 7) is 3.89. The zero-order valence-electron chi connectivity index (χ0n) is 15.0. The van der Waals surface area contributed by atoms with Crippen molar-refractivity contribution in [1.82, 2.24) is 19.7 Å². The summed E-state index contributed by atoms with van der Waals surface area (Å²) in [7, 11) is 0. The van der Waals surface area contributed by atoms with E-state index >= 15 is 0 Å². The molecule has 0 unspecified atom stereocenters. The molecule has 0 spiro atoms. The Morgan fingerprint density at radius 2 is 1.85 bits per heavy atom. The van der Waals surface area contributed by atoms with Crippen LogP contribution in [0.15, 0.2) is 47.0 Å². The number of ether oxygens (including phenoxy) is 1. The molecule has 1 amide bonds. The Hall–Kier alpha value is -3.04. The summed E-state index contributed by atoms with van der Waals surface area (Å²) in [5, 5.41) is 6.00. The van der Waals surface area contributed by atoms with Crippen molar-refractivity contribution in [3.63, 3.8) is 0 Å². The number of halogens is 3. The van der Waals surface area contributed by atoms with Gasteiger partial charge in [-0.25, -0.2) is 23.2 Å². The molecule has 27 heavy (non-hydrogen) atoms. The van der Waals surface area contributed by atoms with E-state index in [4.69, 9.17) is 4.74 Å². The van der Waals surface area contributed by atoms with Gasteiger partial charge in [0.15, 0.2) is 0 Å². The van der Waals surface area contributed by atoms with Gasteiger partial charge in [0.1, 0.15) is 17.7 Å². The fourth-order valence-electron chi connectivity index (χ4n) is 2.08. The number of aromatic nitrogens is 3. The number of alkyl carbamates (subject to hydrolysis) is 1. The van der Waals surface area contributed by atoms with Crippen molar-refractivity contribution < 1.29 is 22.7 Å². The van der Waals surface area contributed by atoms with Crippen LogP contribution >= 0.6 is 0 Å². The fourth-order valence-corrected chi connectivity index (χ4v) is 2.08. The second-order valence-corrected chi connectivity index (χ2v) is 6.64. The van der Waals surface area contributed by atoms with Gasteiger partial charge in [0, 0.05) is 12.1 Å². The van der Waals surface area contributed by atoms with E-state index in [1.54, 1.807) is 20.8 Å². The molecule has 2 rings (SSSR count). The van der Waals surface area contributed by atoms with Gasteiger partial charge in [-0.1, -0.05) is 0 Å². The van der Waals surface area contributed by atoms with E-state index in [0.29, 0.717) is 5.69 Å². The minimum absolute atomic E-state index is 0.339. The smallest absolute Gasteiger partial charge is 0.407 e. The van der Waals surface area contributed by atoms with Crippen molar-refractivity contribution in [1.29, 1.82) is 0 Å². The van der Waals surface area contributed by atoms with Gasteiger partial charge in [0.2, 0.25) is 0 Å². The molecule has 1 N–H and O–H groups in total. The quantitative estimate of drug-likeness (QED) is 0.860. The van der Waals surface area contributed by atoms with Gasteiger partial charge >= 0.3 is 11.8 Å². The lowest BCUT2D eigenvalue weighted by atomic mass is 10.2. The monoisotopic (exact) mass is 384 g/mol. The minimum Gasteiger partial charge on any atom is -0.444 e. The Labute approximate surface area is 153 Å². The number of rotatable bonds is 5. The van der Waals surface area contributed by atoms with E-state index in [9.17, 15) is 22.8 Å². The summed E-state index contributed by atoms with van der Waals surface area (Å²) in [6, 6.07) is 5.05. The fraction of sp³-hybridized carbons (Fsp3) is 0.353. The van der Waals surface area contributed by atoms with Crippen molar-refractivity contribution >= 4 is 6.09 Å². The Bertz CT molecular complexity index is 891. The second-order valence-electron chi connectivity index (χ2n) is 6.64. The van der Waals surface area contributed by atoms with Crippen LogP contribution in [0.1, 0.15) is 20.8 Å². The largest absolute Gasteiger partial charge is 0.444 e. The number of nitrogens with one attached hydrogen (secondary N) is 1. The molecule has 0 saturated heterocycles. The molecule has 0 aliphatic carbocycles. The first kappa shape index (κ1) is 20.3. The van der Waals surface area contributed by atoms with Gasteiger partial charge in [-0.05, 0) is 45.0 Å². The zero-order chi connectivity index (χ0) is 20.2. The standard InChI is InChI=1S/C17H19F3N4O3/c1-17(2,3)27-15(25)21-8-11(14(19)20)9-24-16(26)23(10-22-24)13-6-4-12(18)5-7-13/h4-7,10H,8-9H2,1-3H3,(H,21,25). The third kappa shape index (κ3) is 5.73. The molecule has 146 valence electrons. The van der Waals surface area contributed by atoms with Crippen LogP contribution in [0.4, 0.5) is 18.0 Å². The topological polar surface area (TPSA) is 78.2 Å². The average Bonchev–Trinajstić information content (AvgIpc) is 2.91. The average molecular weight is 384 g/mol. The van der Waals surface area contributed by atoms with Gasteiger partial charge in [-0.3, -0.25) is 0 Å². The van der Waals surface area contributed by atoms with E-state index in [0.717, 1.165) is 27.7 Å². The van der Waals surface area contributed by atoms with Crippen LogP contribution < -0.4 is 11.0 Å². The number of carbonyl (C=O) groups excluding carboxylic acids is 1. The van der Waals surface area contributed by atoms with Crippen molar-refractivity contribution in [3.05, 3.63) is 58.5 Å². The number of hydrogen-bond acceptors (Lipinski definition) is 4. The summed E-state index contributed by atoms with van der Waals surface area (Å²) in [4.78, 5) is 23.9. The van der Waals surface area contributed by atoms with Gasteiger partial charge in [0.25, 0.3) is 6.08 Å². The van der Waals surface area contributed by atoms with Crippen LogP contribution in [-0.4, -0.2) is 32.6 Å². The summed E-state index contributed by atoms with van der Waals surface area (Å²) >= 11 is 0. The SMILES string of the molecule is CC(C)(C)OC(=O)NCC(Cn1ncn(-c2ccc(F)cc2)c1=O)=C(F)F. The molecule has 0 aliphatic rings. The van der Waals surface area contributed by atoms with E-state index in [1.807, 2.05) is 0 Å². The highest BCUT2D eigenvalue weighted by Crippen LogP contribution is 2.11. The maximum absolute atomic E-state index is 13.2. The van der Waals surface area contributed by atoms with Crippen LogP contribution in [0, 0.1) is 5.82 Å². The molecule has 0 atom stereocenters. The minimum atomic E-state index is -2.03. The van der Waals surface area contributed by atoms with Crippen molar-refractivity contribution in [2.75, 3.05) is 6.54 Å². The first-order valence-electron chi connectivity index (χ1n) is 7.97. The van der Waals surface area contributed by atoms with Gasteiger partial charge < -0.3 is 10.1 Å². The normalized spacial score (nSPS) is 11.2. The van der Waals surface area contributed by atoms with E-state index in [2.05, 4.69) is 10.4 Å². The van der Waals surface area contributed by atoms with E-state index < -0.39 is 47.9 Å². The Kier molecular flexibility index (Phi) is 6.09. The highest BCUT2D eigenvalue weighted by atomic mass is 19.3. The molecule has 0 fully saturated rings. The number of benzene rings is 1. The van der Waals surface area contributed by atoms with Crippen LogP contribution in [-0.2, 0) is 11.3 Å². The van der Waals surface area contributed by atoms with Crippen LogP contribution in [0.5, 0.6) is 0 Å². The number of carbonyl (C=O) groups is 1. The first-order valence-corrected chi connectivity index (χ1v) is 7.97. The molecule has 0 bridgehead atoms. The van der Waals surface area contributed by atoms with Crippen molar-refractivity contribution in [2.45, 2.75) is 32.9 Å². The van der Waals surface area contributed by atoms with Crippen LogP contribution in [0.25, 0.3) is 5.69 Å². The first-order chi connectivity index (χ1) is 12.6. The van der Waals surface area contributed by atoms with Crippen molar-refractivity contribution in [2.24, 2.45) is 0 Å². The summed E-state index contributed by atoms with van der Waals surface area (Å²) in [5.41, 5.74) is -1.61. The van der Waals surface area contributed by atoms with Gasteiger partial charge in [-0.15, -0.1) is 0 Å². The summed E-state index contributed by atoms with van der Waals surface area (Å²) < 4.78 is 46.2. The summed E-state index contributed by atoms with van der Waals surface area (Å²) in [5.74, 6) is -0.475. The lowest BCUT2D eigenvalue weighted by Gasteiger charge is -2.19. The maximum atomic E-state index is 13.2. The molecule has 10 heteroatoms. The second kappa shape index (κ2) is 8.11. The highest BCUT2D eigenvalue weighted by molar-refractivity contribution is 5.68.